The molecule has 5 rings (SSSR count). The van der Waals surface area contributed by atoms with Gasteiger partial charge in [0, 0.05) is 36.9 Å². The summed E-state index contributed by atoms with van der Waals surface area (Å²) in [4.78, 5) is 48.0. The summed E-state index contributed by atoms with van der Waals surface area (Å²) < 4.78 is 41.2. The number of nitrogens with one attached hydrogen (secondary N) is 4. The van der Waals surface area contributed by atoms with E-state index in [4.69, 9.17) is 29.8 Å². The fourth-order valence-electron chi connectivity index (χ4n) is 4.85. The second kappa shape index (κ2) is 17.3. The van der Waals surface area contributed by atoms with Gasteiger partial charge in [0.15, 0.2) is 17.5 Å². The highest BCUT2D eigenvalue weighted by molar-refractivity contribution is 7.80. The Labute approximate surface area is 291 Å². The molecule has 2 saturated heterocycles. The van der Waals surface area contributed by atoms with Crippen molar-refractivity contribution in [3.63, 3.8) is 0 Å². The molecule has 1 atom stereocenters. The molecule has 0 aliphatic carbocycles. The van der Waals surface area contributed by atoms with Gasteiger partial charge in [-0.1, -0.05) is 5.16 Å². The number of amides is 2. The summed E-state index contributed by atoms with van der Waals surface area (Å²) in [6, 6.07) is 8.21. The fraction of sp³-hybridized carbons (Fsp3) is 0.448. The first-order valence-corrected chi connectivity index (χ1v) is 17.6. The zero-order chi connectivity index (χ0) is 36.3. The molecule has 50 heavy (non-hydrogen) atoms. The van der Waals surface area contributed by atoms with Gasteiger partial charge in [0.05, 0.1) is 11.1 Å². The van der Waals surface area contributed by atoms with Gasteiger partial charge in [-0.15, -0.1) is 15.6 Å². The number of β-lactam (4-membered cyclic amide) rings is 1. The smallest absolute Gasteiger partial charge is 0.418 e. The molecule has 2 aromatic heterocycles. The van der Waals surface area contributed by atoms with E-state index in [-0.39, 0.29) is 36.2 Å². The molecule has 2 aliphatic heterocycles. The van der Waals surface area contributed by atoms with Gasteiger partial charge in [0.25, 0.3) is 18.3 Å². The molecule has 2 aliphatic rings. The van der Waals surface area contributed by atoms with E-state index in [0.717, 1.165) is 73.1 Å². The highest BCUT2D eigenvalue weighted by atomic mass is 32.3. The second-order valence-corrected chi connectivity index (χ2v) is 13.4. The van der Waals surface area contributed by atoms with Crippen LogP contribution in [-0.2, 0) is 33.9 Å². The predicted molar refractivity (Wildman–Crippen MR) is 183 cm³/mol. The molecule has 0 bridgehead atoms. The summed E-state index contributed by atoms with van der Waals surface area (Å²) in [5.41, 5.74) is 5.07. The largest absolute Gasteiger partial charge is 0.490 e. The van der Waals surface area contributed by atoms with Crippen LogP contribution in [0.25, 0.3) is 10.9 Å². The molecule has 0 radical (unpaired) electrons. The van der Waals surface area contributed by atoms with Gasteiger partial charge in [-0.25, -0.2) is 9.97 Å². The maximum absolute atomic E-state index is 13.1. The van der Waals surface area contributed by atoms with Crippen molar-refractivity contribution in [3.8, 4) is 5.75 Å². The van der Waals surface area contributed by atoms with Crippen molar-refractivity contribution in [3.05, 3.63) is 41.4 Å². The number of ether oxygens (including phenoxy) is 1. The van der Waals surface area contributed by atoms with Crippen LogP contribution in [0.3, 0.4) is 0 Å². The number of nitrogens with two attached hydrogens (primary N) is 1. The lowest BCUT2D eigenvalue weighted by atomic mass is 9.84. The van der Waals surface area contributed by atoms with Crippen LogP contribution in [0.15, 0.2) is 40.9 Å². The van der Waals surface area contributed by atoms with Gasteiger partial charge in [0.2, 0.25) is 0 Å². The maximum atomic E-state index is 13.1. The quantitative estimate of drug-likeness (QED) is 0.0244. The van der Waals surface area contributed by atoms with Crippen molar-refractivity contribution < 1.29 is 46.3 Å². The number of hydrogen-bond donors (Lipinski definition) is 7. The predicted octanol–water partition coefficient (Wildman–Crippen LogP) is 0.225. The highest BCUT2D eigenvalue weighted by Gasteiger charge is 2.58. The average Bonchev–Trinajstić information content (AvgIpc) is 3.48. The Bertz CT molecular complexity index is 1780. The monoisotopic (exact) mass is 737 g/mol. The summed E-state index contributed by atoms with van der Waals surface area (Å²) in [6.07, 6.45) is 0.995. The van der Waals surface area contributed by atoms with Crippen LogP contribution in [0.2, 0.25) is 0 Å². The van der Waals surface area contributed by atoms with Crippen LogP contribution in [0.5, 0.6) is 5.75 Å². The fourth-order valence-corrected chi connectivity index (χ4v) is 5.85. The number of pyridine rings is 1. The number of oxime groups is 1. The highest BCUT2D eigenvalue weighted by Crippen LogP contribution is 2.33. The molecule has 1 aromatic carbocycles. The normalized spacial score (nSPS) is 17.2. The van der Waals surface area contributed by atoms with Crippen LogP contribution < -0.4 is 31.7 Å². The van der Waals surface area contributed by atoms with Gasteiger partial charge < -0.3 is 41.7 Å². The second-order valence-electron chi connectivity index (χ2n) is 11.6. The number of carboxylic acid groups (broad SMARTS) is 1. The number of anilines is 2. The lowest BCUT2D eigenvalue weighted by Gasteiger charge is -2.50. The van der Waals surface area contributed by atoms with E-state index in [0.29, 0.717) is 10.8 Å². The molecule has 0 spiro atoms. The Balaban J connectivity index is 0.00000181. The summed E-state index contributed by atoms with van der Waals surface area (Å²) in [5, 5.41) is 26.4. The van der Waals surface area contributed by atoms with Crippen LogP contribution >= 0.6 is 11.3 Å². The molecular formula is C29H39N9O10S2. The molecule has 0 saturated carbocycles. The Morgan fingerprint density at radius 1 is 1.22 bits per heavy atom. The van der Waals surface area contributed by atoms with E-state index in [1.54, 1.807) is 6.07 Å². The summed E-state index contributed by atoms with van der Waals surface area (Å²) in [7, 11) is -4.95. The number of benzene rings is 1. The summed E-state index contributed by atoms with van der Waals surface area (Å²) in [6.45, 7) is 7.70. The Hall–Kier alpha value is -4.67. The third kappa shape index (κ3) is 10.4. The number of hydroxylamine groups is 2. The van der Waals surface area contributed by atoms with Gasteiger partial charge in [-0.3, -0.25) is 18.9 Å². The number of carbonyl (C=O) groups is 3. The summed E-state index contributed by atoms with van der Waals surface area (Å²) in [5.74, 6) is 0.412. The molecule has 3 aromatic rings. The zero-order valence-electron chi connectivity index (χ0n) is 27.2. The third-order valence-electron chi connectivity index (χ3n) is 7.50. The van der Waals surface area contributed by atoms with Crippen molar-refractivity contribution in [1.29, 1.82) is 0 Å². The van der Waals surface area contributed by atoms with Gasteiger partial charge in [-0.05, 0) is 63.1 Å². The van der Waals surface area contributed by atoms with Crippen LogP contribution in [0.1, 0.15) is 26.0 Å². The molecule has 2 amide bonds. The Morgan fingerprint density at radius 3 is 2.62 bits per heavy atom. The van der Waals surface area contributed by atoms with Gasteiger partial charge in [0.1, 0.15) is 29.9 Å². The first-order valence-electron chi connectivity index (χ1n) is 15.3. The van der Waals surface area contributed by atoms with Crippen molar-refractivity contribution in [1.82, 2.24) is 31.0 Å². The van der Waals surface area contributed by atoms with Gasteiger partial charge >= 0.3 is 10.4 Å². The maximum Gasteiger partial charge on any atom is 0.418 e. The first kappa shape index (κ1) is 38.1. The van der Waals surface area contributed by atoms with Crippen LogP contribution in [-0.4, -0.2) is 115 Å². The topological polar surface area (TPSA) is 269 Å². The third-order valence-corrected chi connectivity index (χ3v) is 8.51. The zero-order valence-corrected chi connectivity index (χ0v) is 28.8. The van der Waals surface area contributed by atoms with E-state index in [1.807, 2.05) is 24.3 Å². The number of carbonyl (C=O) groups excluding carboxylic acids is 2. The van der Waals surface area contributed by atoms with E-state index in [9.17, 15) is 18.0 Å². The van der Waals surface area contributed by atoms with Crippen molar-refractivity contribution in [2.45, 2.75) is 31.8 Å². The lowest BCUT2D eigenvalue weighted by Crippen LogP contribution is -2.76. The molecule has 8 N–H and O–H groups in total. The van der Waals surface area contributed by atoms with E-state index >= 15 is 0 Å². The van der Waals surface area contributed by atoms with Crippen LogP contribution in [0, 0.1) is 5.92 Å². The number of nitrogen functional groups attached to an aromatic ring is 1. The lowest BCUT2D eigenvalue weighted by molar-refractivity contribution is -0.218. The number of aromatic nitrogens is 2. The van der Waals surface area contributed by atoms with E-state index < -0.39 is 33.8 Å². The minimum atomic E-state index is -4.95. The molecular weight excluding hydrogens is 699 g/mol. The van der Waals surface area contributed by atoms with E-state index in [2.05, 4.69) is 40.7 Å². The van der Waals surface area contributed by atoms with E-state index in [1.165, 1.54) is 19.2 Å². The molecule has 0 unspecified atom stereocenters. The molecule has 4 heterocycles. The minimum Gasteiger partial charge on any atom is -0.490 e. The molecule has 21 heteroatoms. The number of thiazole rings is 1. The van der Waals surface area contributed by atoms with Gasteiger partial charge in [-0.2, -0.15) is 13.5 Å². The molecule has 2 fully saturated rings. The number of rotatable bonds is 17. The Kier molecular flexibility index (Phi) is 13.2. The number of nitrogens with zero attached hydrogens (tertiary/aromatic N) is 4. The van der Waals surface area contributed by atoms with Crippen LogP contribution in [0.4, 0.5) is 10.9 Å². The molecule has 272 valence electrons. The molecule has 19 nitrogen and oxygen atoms in total. The number of hydrogen-bond acceptors (Lipinski definition) is 16. The van der Waals surface area contributed by atoms with Crippen molar-refractivity contribution in [2.75, 3.05) is 57.0 Å². The SMILES string of the molecule is CC1(C)[C@H](NC(=O)/C(=N\OCCOc2ccc3nc(NCCCNCC4CNC4)ccc3c2)c2csc(N)n2)C(=O)N1OS(=O)(=O)O.O=CO. The number of fused-ring (bicyclic) bond motifs is 1. The summed E-state index contributed by atoms with van der Waals surface area (Å²) >= 11 is 1.07. The average molecular weight is 738 g/mol. The minimum absolute atomic E-state index is 0.0359. The van der Waals surface area contributed by atoms with Crippen molar-refractivity contribution in [2.24, 2.45) is 11.1 Å². The Morgan fingerprint density at radius 2 is 1.98 bits per heavy atom. The van der Waals surface area contributed by atoms with Crippen molar-refractivity contribution >= 4 is 67.6 Å². The standard InChI is InChI=1S/C28H37N9O8S2.CH2O2/c1-28(2)24(26(39)37(28)45-47(40,41)42)35-25(38)23(21-16-46-27(29)34-21)36-44-11-10-43-19-5-6-20-18(12-19)4-7-22(33-20)32-9-3-8-30-13-17-14-31-15-17;2-1-3/h4-7,12,16-17,24,30-31H,3,8-11,13-15H2,1-2H3,(H2,29,34)(H,32,33)(H,35,38)(H,40,41,42);1H,(H,2,3)/b36-23-;/t24-;/m1./s1. The first-order chi connectivity index (χ1) is 23.8.